The molecule has 2 aromatic carbocycles. The SMILES string of the molecule is CCC(C)C(NC(=O)COc1ccc(Cl)cc1)c1nc(-c2ccc(C)cc2)no1. The van der Waals surface area contributed by atoms with Crippen molar-refractivity contribution in [3.05, 3.63) is 65.0 Å². The highest BCUT2D eigenvalue weighted by Crippen LogP contribution is 2.26. The minimum absolute atomic E-state index is 0.112. The van der Waals surface area contributed by atoms with Gasteiger partial charge in [-0.15, -0.1) is 0 Å². The van der Waals surface area contributed by atoms with Gasteiger partial charge in [-0.1, -0.05) is 66.9 Å². The minimum atomic E-state index is -0.395. The number of hydrogen-bond acceptors (Lipinski definition) is 5. The number of carbonyl (C=O) groups is 1. The number of hydrogen-bond donors (Lipinski definition) is 1. The van der Waals surface area contributed by atoms with E-state index >= 15 is 0 Å². The molecule has 1 aromatic heterocycles. The summed E-state index contributed by atoms with van der Waals surface area (Å²) in [5.41, 5.74) is 2.02. The zero-order chi connectivity index (χ0) is 20.8. The van der Waals surface area contributed by atoms with Gasteiger partial charge in [-0.25, -0.2) is 0 Å². The molecule has 2 atom stereocenters. The van der Waals surface area contributed by atoms with Crippen LogP contribution in [0.2, 0.25) is 5.02 Å². The highest BCUT2D eigenvalue weighted by Gasteiger charge is 2.26. The van der Waals surface area contributed by atoms with Gasteiger partial charge in [-0.2, -0.15) is 4.98 Å². The maximum atomic E-state index is 12.4. The summed E-state index contributed by atoms with van der Waals surface area (Å²) in [6, 6.07) is 14.3. The highest BCUT2D eigenvalue weighted by atomic mass is 35.5. The molecule has 0 radical (unpaired) electrons. The molecule has 2 unspecified atom stereocenters. The summed E-state index contributed by atoms with van der Waals surface area (Å²) in [5, 5.41) is 7.65. The van der Waals surface area contributed by atoms with Crippen molar-refractivity contribution in [2.45, 2.75) is 33.2 Å². The Morgan fingerprint density at radius 3 is 2.52 bits per heavy atom. The van der Waals surface area contributed by atoms with E-state index in [-0.39, 0.29) is 18.4 Å². The normalized spacial score (nSPS) is 13.0. The predicted octanol–water partition coefficient (Wildman–Crippen LogP) is 4.98. The van der Waals surface area contributed by atoms with Crippen molar-refractivity contribution >= 4 is 17.5 Å². The van der Waals surface area contributed by atoms with Crippen LogP contribution in [0.4, 0.5) is 0 Å². The Labute approximate surface area is 175 Å². The fourth-order valence-corrected chi connectivity index (χ4v) is 2.89. The molecule has 0 bridgehead atoms. The molecule has 7 heteroatoms. The van der Waals surface area contributed by atoms with Gasteiger partial charge in [0.05, 0.1) is 0 Å². The van der Waals surface area contributed by atoms with Gasteiger partial charge < -0.3 is 14.6 Å². The average molecular weight is 414 g/mol. The van der Waals surface area contributed by atoms with Gasteiger partial charge in [-0.3, -0.25) is 4.79 Å². The Balaban J connectivity index is 1.68. The number of aryl methyl sites for hydroxylation is 1. The summed E-state index contributed by atoms with van der Waals surface area (Å²) < 4.78 is 11.0. The van der Waals surface area contributed by atoms with E-state index in [0.717, 1.165) is 17.5 Å². The van der Waals surface area contributed by atoms with Crippen LogP contribution in [0.3, 0.4) is 0 Å². The lowest BCUT2D eigenvalue weighted by Crippen LogP contribution is -2.36. The number of nitrogens with one attached hydrogen (secondary N) is 1. The number of aromatic nitrogens is 2. The third kappa shape index (κ3) is 5.57. The smallest absolute Gasteiger partial charge is 0.258 e. The molecule has 0 saturated heterocycles. The molecule has 1 amide bonds. The molecule has 0 fully saturated rings. The molecule has 29 heavy (non-hydrogen) atoms. The van der Waals surface area contributed by atoms with Gasteiger partial charge in [-0.05, 0) is 37.1 Å². The van der Waals surface area contributed by atoms with Gasteiger partial charge in [0.2, 0.25) is 11.7 Å². The molecular weight excluding hydrogens is 390 g/mol. The van der Waals surface area contributed by atoms with E-state index in [1.165, 1.54) is 0 Å². The van der Waals surface area contributed by atoms with E-state index in [2.05, 4.69) is 15.5 Å². The van der Waals surface area contributed by atoms with Crippen molar-refractivity contribution in [1.82, 2.24) is 15.5 Å². The lowest BCUT2D eigenvalue weighted by atomic mass is 9.99. The number of ether oxygens (including phenoxy) is 1. The molecule has 1 N–H and O–H groups in total. The lowest BCUT2D eigenvalue weighted by molar-refractivity contribution is -0.124. The van der Waals surface area contributed by atoms with Crippen molar-refractivity contribution < 1.29 is 14.1 Å². The van der Waals surface area contributed by atoms with Gasteiger partial charge >= 0.3 is 0 Å². The summed E-state index contributed by atoms with van der Waals surface area (Å²) in [4.78, 5) is 17.0. The van der Waals surface area contributed by atoms with E-state index in [0.29, 0.717) is 22.5 Å². The highest BCUT2D eigenvalue weighted by molar-refractivity contribution is 6.30. The van der Waals surface area contributed by atoms with Crippen LogP contribution in [-0.4, -0.2) is 22.7 Å². The standard InChI is InChI=1S/C22H24ClN3O3/c1-4-15(3)20(24-19(27)13-28-18-11-9-17(23)10-12-18)22-25-21(26-29-22)16-7-5-14(2)6-8-16/h5-12,15,20H,4,13H2,1-3H3,(H,24,27). The molecule has 3 rings (SSSR count). The lowest BCUT2D eigenvalue weighted by Gasteiger charge is -2.20. The van der Waals surface area contributed by atoms with Crippen molar-refractivity contribution in [1.29, 1.82) is 0 Å². The van der Waals surface area contributed by atoms with Crippen molar-refractivity contribution in [2.24, 2.45) is 5.92 Å². The maximum absolute atomic E-state index is 12.4. The van der Waals surface area contributed by atoms with Crippen LogP contribution >= 0.6 is 11.6 Å². The van der Waals surface area contributed by atoms with Crippen LogP contribution in [0.5, 0.6) is 5.75 Å². The molecule has 0 aliphatic rings. The van der Waals surface area contributed by atoms with Gasteiger partial charge in [0.15, 0.2) is 6.61 Å². The van der Waals surface area contributed by atoms with Gasteiger partial charge in [0.1, 0.15) is 11.8 Å². The molecule has 6 nitrogen and oxygen atoms in total. The largest absolute Gasteiger partial charge is 0.484 e. The van der Waals surface area contributed by atoms with E-state index in [4.69, 9.17) is 20.9 Å². The average Bonchev–Trinajstić information content (AvgIpc) is 3.21. The minimum Gasteiger partial charge on any atom is -0.484 e. The Bertz CT molecular complexity index is 939. The van der Waals surface area contributed by atoms with E-state index in [1.807, 2.05) is 45.0 Å². The molecule has 0 aliphatic heterocycles. The summed E-state index contributed by atoms with van der Waals surface area (Å²) in [6.07, 6.45) is 0.839. The summed E-state index contributed by atoms with van der Waals surface area (Å²) in [5.74, 6) is 1.31. The third-order valence-electron chi connectivity index (χ3n) is 4.73. The van der Waals surface area contributed by atoms with E-state index in [1.54, 1.807) is 24.3 Å². The summed E-state index contributed by atoms with van der Waals surface area (Å²) in [6.45, 7) is 5.98. The maximum Gasteiger partial charge on any atom is 0.258 e. The van der Waals surface area contributed by atoms with Crippen LogP contribution in [0.15, 0.2) is 53.1 Å². The van der Waals surface area contributed by atoms with Crippen LogP contribution in [0.25, 0.3) is 11.4 Å². The van der Waals surface area contributed by atoms with Crippen molar-refractivity contribution in [3.63, 3.8) is 0 Å². The fourth-order valence-electron chi connectivity index (χ4n) is 2.76. The molecule has 0 saturated carbocycles. The molecule has 152 valence electrons. The topological polar surface area (TPSA) is 77.2 Å². The van der Waals surface area contributed by atoms with Crippen LogP contribution < -0.4 is 10.1 Å². The molecular formula is C22H24ClN3O3. The first-order chi connectivity index (χ1) is 14.0. The summed E-state index contributed by atoms with van der Waals surface area (Å²) in [7, 11) is 0. The number of carbonyl (C=O) groups excluding carboxylic acids is 1. The van der Waals surface area contributed by atoms with Crippen LogP contribution in [-0.2, 0) is 4.79 Å². The third-order valence-corrected chi connectivity index (χ3v) is 4.98. The van der Waals surface area contributed by atoms with Crippen LogP contribution in [0.1, 0.15) is 37.8 Å². The van der Waals surface area contributed by atoms with Gasteiger partial charge in [0, 0.05) is 10.6 Å². The number of benzene rings is 2. The van der Waals surface area contributed by atoms with E-state index in [9.17, 15) is 4.79 Å². The monoisotopic (exact) mass is 413 g/mol. The summed E-state index contributed by atoms with van der Waals surface area (Å²) >= 11 is 5.86. The van der Waals surface area contributed by atoms with Crippen LogP contribution in [0, 0.1) is 12.8 Å². The first-order valence-electron chi connectivity index (χ1n) is 9.54. The second-order valence-corrected chi connectivity index (χ2v) is 7.43. The van der Waals surface area contributed by atoms with E-state index < -0.39 is 6.04 Å². The first-order valence-corrected chi connectivity index (χ1v) is 9.92. The first kappa shape index (κ1) is 20.9. The number of nitrogens with zero attached hydrogens (tertiary/aromatic N) is 2. The number of rotatable bonds is 8. The van der Waals surface area contributed by atoms with Gasteiger partial charge in [0.25, 0.3) is 5.91 Å². The Morgan fingerprint density at radius 1 is 1.17 bits per heavy atom. The number of halogens is 1. The molecule has 1 heterocycles. The second kappa shape index (κ2) is 9.56. The molecule has 0 spiro atoms. The Hall–Kier alpha value is -2.86. The Kier molecular flexibility index (Phi) is 6.88. The number of amides is 1. The zero-order valence-electron chi connectivity index (χ0n) is 16.7. The molecule has 3 aromatic rings. The Morgan fingerprint density at radius 2 is 1.86 bits per heavy atom. The second-order valence-electron chi connectivity index (χ2n) is 7.00. The fraction of sp³-hybridized carbons (Fsp3) is 0.318. The predicted molar refractivity (Wildman–Crippen MR) is 112 cm³/mol. The molecule has 0 aliphatic carbocycles. The van der Waals surface area contributed by atoms with Crippen molar-refractivity contribution in [2.75, 3.05) is 6.61 Å². The zero-order valence-corrected chi connectivity index (χ0v) is 17.4. The van der Waals surface area contributed by atoms with Crippen molar-refractivity contribution in [3.8, 4) is 17.1 Å². The quantitative estimate of drug-likeness (QED) is 0.563.